The normalized spacial score (nSPS) is 23.8. The first-order valence-electron chi connectivity index (χ1n) is 14.6. The first kappa shape index (κ1) is 31.2. The molecule has 0 aliphatic carbocycles. The molecule has 0 spiro atoms. The maximum Gasteiger partial charge on any atom is 0.261 e. The van der Waals surface area contributed by atoms with E-state index in [0.717, 1.165) is 12.1 Å². The third-order valence-corrected chi connectivity index (χ3v) is 14.6. The molecule has 1 saturated heterocycles. The van der Waals surface area contributed by atoms with E-state index in [1.165, 1.54) is 17.5 Å². The van der Waals surface area contributed by atoms with Gasteiger partial charge in [0.2, 0.25) is 5.43 Å². The number of halogens is 1. The van der Waals surface area contributed by atoms with Gasteiger partial charge >= 0.3 is 0 Å². The highest BCUT2D eigenvalue weighted by Gasteiger charge is 2.57. The SMILES string of the molecule is COCOC1c2c(OC)c(=O)c(Br)cn2C2CCOC2C1(C)CCO[Si](c1ccccc1)(c1ccccc1)C(C)(C)C. The first-order chi connectivity index (χ1) is 20.1. The van der Waals surface area contributed by atoms with Crippen LogP contribution in [0.15, 0.2) is 76.1 Å². The monoisotopic (exact) mass is 655 g/mol. The van der Waals surface area contributed by atoms with Crippen LogP contribution in [0.5, 0.6) is 5.75 Å². The van der Waals surface area contributed by atoms with Gasteiger partial charge in [-0.3, -0.25) is 4.79 Å². The first-order valence-corrected chi connectivity index (χ1v) is 17.3. The molecule has 0 saturated carbocycles. The van der Waals surface area contributed by atoms with Crippen LogP contribution in [-0.2, 0) is 18.6 Å². The average molecular weight is 657 g/mol. The molecule has 0 N–H and O–H groups in total. The molecule has 3 aromatic rings. The van der Waals surface area contributed by atoms with Crippen molar-refractivity contribution in [3.8, 4) is 5.75 Å². The molecule has 3 heterocycles. The molecule has 4 atom stereocenters. The Labute approximate surface area is 258 Å². The Morgan fingerprint density at radius 2 is 1.67 bits per heavy atom. The summed E-state index contributed by atoms with van der Waals surface area (Å²) in [6, 6.07) is 21.4. The minimum absolute atomic E-state index is 0.0334. The summed E-state index contributed by atoms with van der Waals surface area (Å²) < 4.78 is 33.9. The Balaban J connectivity index is 1.59. The van der Waals surface area contributed by atoms with E-state index in [2.05, 4.69) is 109 Å². The van der Waals surface area contributed by atoms with Crippen molar-refractivity contribution in [2.75, 3.05) is 34.2 Å². The van der Waals surface area contributed by atoms with Gasteiger partial charge in [-0.15, -0.1) is 0 Å². The largest absolute Gasteiger partial charge is 0.491 e. The van der Waals surface area contributed by atoms with Crippen molar-refractivity contribution in [3.05, 3.63) is 87.3 Å². The molecule has 2 aromatic carbocycles. The fraction of sp³-hybridized carbons (Fsp3) is 0.485. The average Bonchev–Trinajstić information content (AvgIpc) is 3.48. The van der Waals surface area contributed by atoms with Gasteiger partial charge in [-0.1, -0.05) is 88.4 Å². The van der Waals surface area contributed by atoms with Crippen LogP contribution in [0.4, 0.5) is 0 Å². The Bertz CT molecular complexity index is 1390. The van der Waals surface area contributed by atoms with Crippen molar-refractivity contribution in [2.24, 2.45) is 5.41 Å². The molecule has 5 rings (SSSR count). The molecule has 0 bridgehead atoms. The highest BCUT2D eigenvalue weighted by atomic mass is 79.9. The second-order valence-electron chi connectivity index (χ2n) is 12.5. The van der Waals surface area contributed by atoms with Gasteiger partial charge in [-0.2, -0.15) is 0 Å². The van der Waals surface area contributed by atoms with Gasteiger partial charge in [0.1, 0.15) is 12.9 Å². The molecular weight excluding hydrogens is 614 g/mol. The van der Waals surface area contributed by atoms with Gasteiger partial charge in [-0.05, 0) is 44.2 Å². The number of hydrogen-bond donors (Lipinski definition) is 0. The topological polar surface area (TPSA) is 68.2 Å². The van der Waals surface area contributed by atoms with E-state index < -0.39 is 19.8 Å². The van der Waals surface area contributed by atoms with Gasteiger partial charge in [0, 0.05) is 31.9 Å². The van der Waals surface area contributed by atoms with Gasteiger partial charge in [-0.25, -0.2) is 0 Å². The van der Waals surface area contributed by atoms with E-state index in [1.54, 1.807) is 7.11 Å². The van der Waals surface area contributed by atoms with E-state index in [-0.39, 0.29) is 35.2 Å². The third kappa shape index (κ3) is 5.22. The van der Waals surface area contributed by atoms with Gasteiger partial charge in [0.15, 0.2) is 5.75 Å². The molecule has 0 amide bonds. The predicted octanol–water partition coefficient (Wildman–Crippen LogP) is 5.60. The van der Waals surface area contributed by atoms with Crippen LogP contribution >= 0.6 is 15.9 Å². The van der Waals surface area contributed by atoms with Crippen LogP contribution in [0.3, 0.4) is 0 Å². The van der Waals surface area contributed by atoms with Gasteiger partial charge in [0.05, 0.1) is 29.4 Å². The quantitative estimate of drug-likeness (QED) is 0.209. The molecule has 7 nitrogen and oxygen atoms in total. The third-order valence-electron chi connectivity index (χ3n) is 9.03. The Morgan fingerprint density at radius 3 is 2.21 bits per heavy atom. The van der Waals surface area contributed by atoms with E-state index in [4.69, 9.17) is 23.4 Å². The summed E-state index contributed by atoms with van der Waals surface area (Å²) in [5, 5.41) is 2.34. The lowest BCUT2D eigenvalue weighted by atomic mass is 9.69. The lowest BCUT2D eigenvalue weighted by molar-refractivity contribution is -0.174. The zero-order valence-electron chi connectivity index (χ0n) is 25.4. The van der Waals surface area contributed by atoms with Crippen molar-refractivity contribution in [3.63, 3.8) is 0 Å². The fourth-order valence-corrected chi connectivity index (χ4v) is 12.1. The molecule has 9 heteroatoms. The maximum absolute atomic E-state index is 13.2. The zero-order valence-corrected chi connectivity index (χ0v) is 28.0. The summed E-state index contributed by atoms with van der Waals surface area (Å²) in [6.45, 7) is 10.2. The van der Waals surface area contributed by atoms with Crippen molar-refractivity contribution >= 4 is 34.6 Å². The molecule has 2 aliphatic heterocycles. The molecule has 1 fully saturated rings. The summed E-state index contributed by atoms with van der Waals surface area (Å²) in [6.07, 6.45) is 2.68. The fourth-order valence-electron chi connectivity index (χ4n) is 7.14. The number of pyridine rings is 1. The van der Waals surface area contributed by atoms with Crippen molar-refractivity contribution in [2.45, 2.75) is 63.8 Å². The molecule has 42 heavy (non-hydrogen) atoms. The lowest BCUT2D eigenvalue weighted by Crippen LogP contribution is -2.66. The molecule has 0 radical (unpaired) electrons. The molecule has 226 valence electrons. The summed E-state index contributed by atoms with van der Waals surface area (Å²) in [5.74, 6) is 0.287. The maximum atomic E-state index is 13.2. The number of fused-ring (bicyclic) bond motifs is 3. The Hall–Kier alpha value is -2.27. The summed E-state index contributed by atoms with van der Waals surface area (Å²) >= 11 is 3.46. The molecule has 4 unspecified atom stereocenters. The summed E-state index contributed by atoms with van der Waals surface area (Å²) in [5.41, 5.74) is -0.000887. The lowest BCUT2D eigenvalue weighted by Gasteiger charge is -2.50. The number of nitrogens with zero attached hydrogens (tertiary/aromatic N) is 1. The van der Waals surface area contributed by atoms with Crippen LogP contribution in [0.25, 0.3) is 0 Å². The Kier molecular flexibility index (Phi) is 9.18. The number of benzene rings is 2. The number of hydrogen-bond acceptors (Lipinski definition) is 6. The molecular formula is C33H42BrNO6Si. The highest BCUT2D eigenvalue weighted by molar-refractivity contribution is 9.10. The van der Waals surface area contributed by atoms with Crippen LogP contribution in [0.1, 0.15) is 58.4 Å². The van der Waals surface area contributed by atoms with E-state index >= 15 is 0 Å². The van der Waals surface area contributed by atoms with Crippen LogP contribution < -0.4 is 20.5 Å². The number of aromatic nitrogens is 1. The molecule has 1 aromatic heterocycles. The number of ether oxygens (including phenoxy) is 4. The number of methoxy groups -OCH3 is 2. The Morgan fingerprint density at radius 1 is 1.05 bits per heavy atom. The van der Waals surface area contributed by atoms with Crippen molar-refractivity contribution in [1.29, 1.82) is 0 Å². The summed E-state index contributed by atoms with van der Waals surface area (Å²) in [7, 11) is 0.398. The number of rotatable bonds is 10. The van der Waals surface area contributed by atoms with Crippen LogP contribution in [0, 0.1) is 5.41 Å². The van der Waals surface area contributed by atoms with Crippen LogP contribution in [-0.4, -0.2) is 53.2 Å². The van der Waals surface area contributed by atoms with E-state index in [1.807, 2.05) is 6.20 Å². The minimum atomic E-state index is -2.75. The molecule has 2 aliphatic rings. The highest BCUT2D eigenvalue weighted by Crippen LogP contribution is 2.56. The van der Waals surface area contributed by atoms with Gasteiger partial charge in [0.25, 0.3) is 8.32 Å². The zero-order chi connectivity index (χ0) is 30.1. The van der Waals surface area contributed by atoms with Crippen molar-refractivity contribution in [1.82, 2.24) is 4.57 Å². The standard InChI is InChI=1S/C33H42BrNO6Si/c1-32(2,3)42(23-13-9-7-10-14-23,24-15-11-8-12-16-24)41-20-18-33(4)30-26(17-19-39-30)35-21-25(34)28(36)29(38-6)27(35)31(33)40-22-37-5/h7-16,21,26,30-31H,17-20,22H2,1-6H3. The van der Waals surface area contributed by atoms with Crippen LogP contribution in [0.2, 0.25) is 5.04 Å². The second kappa shape index (κ2) is 12.4. The van der Waals surface area contributed by atoms with Crippen molar-refractivity contribution < 1.29 is 23.4 Å². The smallest absolute Gasteiger partial charge is 0.261 e. The van der Waals surface area contributed by atoms with Gasteiger partial charge < -0.3 is 27.9 Å². The second-order valence-corrected chi connectivity index (χ2v) is 17.7. The predicted molar refractivity (Wildman–Crippen MR) is 170 cm³/mol. The summed E-state index contributed by atoms with van der Waals surface area (Å²) in [4.78, 5) is 13.2. The van der Waals surface area contributed by atoms with E-state index in [0.29, 0.717) is 24.1 Å². The van der Waals surface area contributed by atoms with E-state index in [9.17, 15) is 4.79 Å². The minimum Gasteiger partial charge on any atom is -0.491 e.